The number of rotatable bonds is 5. The van der Waals surface area contributed by atoms with E-state index in [4.69, 9.17) is 0 Å². The normalized spacial score (nSPS) is 13.1. The van der Waals surface area contributed by atoms with Crippen molar-refractivity contribution in [2.75, 3.05) is 4.90 Å². The third-order valence-corrected chi connectivity index (χ3v) is 11.9. The van der Waals surface area contributed by atoms with Crippen molar-refractivity contribution in [1.82, 2.24) is 4.57 Å². The van der Waals surface area contributed by atoms with E-state index in [1.165, 1.54) is 76.7 Å². The summed E-state index contributed by atoms with van der Waals surface area (Å²) >= 11 is 0. The van der Waals surface area contributed by atoms with Crippen LogP contribution in [0.2, 0.25) is 0 Å². The van der Waals surface area contributed by atoms with Crippen LogP contribution in [0.25, 0.3) is 71.3 Å². The summed E-state index contributed by atoms with van der Waals surface area (Å²) < 4.78 is 2.41. The number of anilines is 3. The molecule has 2 heteroatoms. The Morgan fingerprint density at radius 2 is 0.945 bits per heavy atom. The molecule has 1 aromatic heterocycles. The van der Waals surface area contributed by atoms with Crippen LogP contribution in [0.4, 0.5) is 17.1 Å². The topological polar surface area (TPSA) is 8.17 Å². The molecule has 11 rings (SSSR count). The molecule has 0 atom stereocenters. The summed E-state index contributed by atoms with van der Waals surface area (Å²) in [4.78, 5) is 2.44. The van der Waals surface area contributed by atoms with Crippen molar-refractivity contribution in [3.05, 3.63) is 205 Å². The first-order valence-corrected chi connectivity index (χ1v) is 19.2. The van der Waals surface area contributed by atoms with Crippen LogP contribution in [0.15, 0.2) is 194 Å². The van der Waals surface area contributed by atoms with E-state index in [2.05, 4.69) is 217 Å². The molecular formula is C53H38N2. The van der Waals surface area contributed by atoms with Crippen LogP contribution in [0.3, 0.4) is 0 Å². The maximum Gasteiger partial charge on any atom is 0.0542 e. The zero-order valence-electron chi connectivity index (χ0n) is 30.9. The summed E-state index contributed by atoms with van der Waals surface area (Å²) in [5, 5.41) is 7.45. The highest BCUT2D eigenvalue weighted by Gasteiger charge is 2.35. The molecule has 0 amide bonds. The number of nitrogens with zero attached hydrogens (tertiary/aromatic N) is 2. The Hall–Kier alpha value is -6.90. The lowest BCUT2D eigenvalue weighted by molar-refractivity contribution is 0.660. The van der Waals surface area contributed by atoms with E-state index < -0.39 is 0 Å². The Balaban J connectivity index is 1.07. The van der Waals surface area contributed by atoms with Crippen LogP contribution < -0.4 is 4.90 Å². The second kappa shape index (κ2) is 12.1. The summed E-state index contributed by atoms with van der Waals surface area (Å²) in [5.74, 6) is 0. The second-order valence-electron chi connectivity index (χ2n) is 15.4. The molecule has 0 bridgehead atoms. The van der Waals surface area contributed by atoms with E-state index in [1.54, 1.807) is 0 Å². The summed E-state index contributed by atoms with van der Waals surface area (Å²) in [5.41, 5.74) is 14.7. The third-order valence-electron chi connectivity index (χ3n) is 11.9. The van der Waals surface area contributed by atoms with Gasteiger partial charge in [-0.25, -0.2) is 0 Å². The summed E-state index contributed by atoms with van der Waals surface area (Å²) in [6.07, 6.45) is 0. The van der Waals surface area contributed by atoms with Gasteiger partial charge in [0.1, 0.15) is 0 Å². The minimum Gasteiger partial charge on any atom is -0.310 e. The molecule has 260 valence electrons. The number of benzene rings is 9. The van der Waals surface area contributed by atoms with Crippen LogP contribution in [-0.4, -0.2) is 4.57 Å². The average Bonchev–Trinajstić information content (AvgIpc) is 3.68. The molecule has 1 heterocycles. The molecular weight excluding hydrogens is 665 g/mol. The summed E-state index contributed by atoms with van der Waals surface area (Å²) in [7, 11) is 0. The largest absolute Gasteiger partial charge is 0.310 e. The first-order chi connectivity index (χ1) is 27.0. The Morgan fingerprint density at radius 1 is 0.382 bits per heavy atom. The number of fused-ring (bicyclic) bond motifs is 8. The Morgan fingerprint density at radius 3 is 1.76 bits per heavy atom. The lowest BCUT2D eigenvalue weighted by atomic mass is 9.82. The van der Waals surface area contributed by atoms with E-state index >= 15 is 0 Å². The molecule has 1 aliphatic carbocycles. The molecule has 9 aromatic carbocycles. The molecule has 0 radical (unpaired) electrons. The fourth-order valence-corrected chi connectivity index (χ4v) is 9.14. The molecule has 0 saturated heterocycles. The smallest absolute Gasteiger partial charge is 0.0542 e. The van der Waals surface area contributed by atoms with Crippen LogP contribution in [0.5, 0.6) is 0 Å². The minimum absolute atomic E-state index is 0.0990. The summed E-state index contributed by atoms with van der Waals surface area (Å²) in [6.45, 7) is 4.72. The van der Waals surface area contributed by atoms with Crippen molar-refractivity contribution in [3.8, 4) is 27.9 Å². The lowest BCUT2D eigenvalue weighted by Gasteiger charge is -2.28. The average molecular weight is 703 g/mol. The SMILES string of the molecule is CC1(C)c2ccccc2-c2ccc(N(c3ccc4ccccc4c3)c3ccc4c(c3)c3ccccc3n4-c3ccc(-c4ccc5ccccc5c4)cc3)cc21. The van der Waals surface area contributed by atoms with Gasteiger partial charge in [-0.2, -0.15) is 0 Å². The molecule has 0 spiro atoms. The number of aromatic nitrogens is 1. The van der Waals surface area contributed by atoms with Crippen molar-refractivity contribution < 1.29 is 0 Å². The Labute approximate surface area is 321 Å². The monoisotopic (exact) mass is 702 g/mol. The number of para-hydroxylation sites is 1. The van der Waals surface area contributed by atoms with Gasteiger partial charge in [0.05, 0.1) is 11.0 Å². The van der Waals surface area contributed by atoms with Crippen LogP contribution in [-0.2, 0) is 5.41 Å². The maximum absolute atomic E-state index is 2.44. The van der Waals surface area contributed by atoms with E-state index in [9.17, 15) is 0 Å². The van der Waals surface area contributed by atoms with E-state index in [0.717, 1.165) is 22.7 Å². The van der Waals surface area contributed by atoms with Gasteiger partial charge < -0.3 is 9.47 Å². The van der Waals surface area contributed by atoms with Gasteiger partial charge in [-0.15, -0.1) is 0 Å². The van der Waals surface area contributed by atoms with Gasteiger partial charge in [-0.3, -0.25) is 0 Å². The molecule has 0 unspecified atom stereocenters. The van der Waals surface area contributed by atoms with Crippen LogP contribution >= 0.6 is 0 Å². The lowest BCUT2D eigenvalue weighted by Crippen LogP contribution is -2.16. The number of hydrogen-bond donors (Lipinski definition) is 0. The molecule has 0 aliphatic heterocycles. The van der Waals surface area contributed by atoms with Crippen molar-refractivity contribution in [3.63, 3.8) is 0 Å². The molecule has 0 saturated carbocycles. The van der Waals surface area contributed by atoms with Gasteiger partial charge in [-0.05, 0) is 122 Å². The van der Waals surface area contributed by atoms with Crippen molar-refractivity contribution in [1.29, 1.82) is 0 Å². The molecule has 2 nitrogen and oxygen atoms in total. The third kappa shape index (κ3) is 4.95. The second-order valence-corrected chi connectivity index (χ2v) is 15.4. The van der Waals surface area contributed by atoms with Gasteiger partial charge in [0.25, 0.3) is 0 Å². The van der Waals surface area contributed by atoms with Gasteiger partial charge in [0, 0.05) is 38.9 Å². The Kier molecular flexibility index (Phi) is 6.93. The highest BCUT2D eigenvalue weighted by Crippen LogP contribution is 2.51. The molecule has 10 aromatic rings. The summed E-state index contributed by atoms with van der Waals surface area (Å²) in [6, 6.07) is 71.5. The first-order valence-electron chi connectivity index (χ1n) is 19.2. The van der Waals surface area contributed by atoms with Crippen molar-refractivity contribution >= 4 is 60.4 Å². The molecule has 1 aliphatic rings. The van der Waals surface area contributed by atoms with Crippen LogP contribution in [0.1, 0.15) is 25.0 Å². The van der Waals surface area contributed by atoms with Gasteiger partial charge in [0.15, 0.2) is 0 Å². The van der Waals surface area contributed by atoms with E-state index in [-0.39, 0.29) is 5.41 Å². The molecule has 0 fully saturated rings. The zero-order chi connectivity index (χ0) is 36.7. The standard InChI is InChI=1S/C53H38N2/c1-53(2)49-17-9-7-15-45(49)46-29-27-44(34-50(46)53)54(42-26-23-36-12-4-6-14-39(36)32-42)43-28-30-52-48(33-43)47-16-8-10-18-51(47)55(52)41-24-21-37(22-25-41)40-20-19-35-11-3-5-13-38(35)31-40/h3-34H,1-2H3. The van der Waals surface area contributed by atoms with Crippen molar-refractivity contribution in [2.24, 2.45) is 0 Å². The Bertz CT molecular complexity index is 3130. The first kappa shape index (κ1) is 31.6. The van der Waals surface area contributed by atoms with Crippen molar-refractivity contribution in [2.45, 2.75) is 19.3 Å². The minimum atomic E-state index is -0.0990. The number of hydrogen-bond acceptors (Lipinski definition) is 1. The van der Waals surface area contributed by atoms with Gasteiger partial charge >= 0.3 is 0 Å². The van der Waals surface area contributed by atoms with Crippen LogP contribution in [0, 0.1) is 0 Å². The van der Waals surface area contributed by atoms with Gasteiger partial charge in [-0.1, -0.05) is 141 Å². The fraction of sp³-hybridized carbons (Fsp3) is 0.0566. The molecule has 55 heavy (non-hydrogen) atoms. The highest BCUT2D eigenvalue weighted by molar-refractivity contribution is 6.11. The predicted molar refractivity (Wildman–Crippen MR) is 233 cm³/mol. The maximum atomic E-state index is 2.44. The fourth-order valence-electron chi connectivity index (χ4n) is 9.14. The predicted octanol–water partition coefficient (Wildman–Crippen LogP) is 14.5. The van der Waals surface area contributed by atoms with E-state index in [0.29, 0.717) is 0 Å². The van der Waals surface area contributed by atoms with E-state index in [1.807, 2.05) is 0 Å². The molecule has 0 N–H and O–H groups in total. The zero-order valence-corrected chi connectivity index (χ0v) is 30.9. The quantitative estimate of drug-likeness (QED) is 0.173. The highest BCUT2D eigenvalue weighted by atomic mass is 15.1. The van der Waals surface area contributed by atoms with Gasteiger partial charge in [0.2, 0.25) is 0 Å².